The highest BCUT2D eigenvalue weighted by Gasteiger charge is 2.15. The fourth-order valence-corrected chi connectivity index (χ4v) is 1.76. The Hall–Kier alpha value is -2.57. The van der Waals surface area contributed by atoms with Gasteiger partial charge >= 0.3 is 5.91 Å². The number of anilines is 2. The molecule has 2 aromatic carbocycles. The molecule has 1 amide bonds. The Labute approximate surface area is 118 Å². The minimum Gasteiger partial charge on any atom is -0.381 e. The highest BCUT2D eigenvalue weighted by molar-refractivity contribution is 6.10. The van der Waals surface area contributed by atoms with E-state index in [1.165, 1.54) is 11.8 Å². The largest absolute Gasteiger partial charge is 0.381 e. The molecule has 0 bridgehead atoms. The Morgan fingerprint density at radius 2 is 1.45 bits per heavy atom. The summed E-state index contributed by atoms with van der Waals surface area (Å²) in [7, 11) is 0. The van der Waals surface area contributed by atoms with Crippen LogP contribution < -0.4 is 4.90 Å². The summed E-state index contributed by atoms with van der Waals surface area (Å²) in [5, 5.41) is 9.18. The van der Waals surface area contributed by atoms with Crippen LogP contribution in [0.25, 0.3) is 0 Å². The second-order valence-electron chi connectivity index (χ2n) is 4.26. The van der Waals surface area contributed by atoms with E-state index in [4.69, 9.17) is 0 Å². The Morgan fingerprint density at radius 1 is 1.00 bits per heavy atom. The van der Waals surface area contributed by atoms with Crippen LogP contribution in [0.1, 0.15) is 6.92 Å². The van der Waals surface area contributed by atoms with Gasteiger partial charge in [0, 0.05) is 11.4 Å². The Kier molecular flexibility index (Phi) is 4.54. The lowest BCUT2D eigenvalue weighted by atomic mass is 10.2. The fourth-order valence-electron chi connectivity index (χ4n) is 1.76. The van der Waals surface area contributed by atoms with Crippen molar-refractivity contribution in [2.45, 2.75) is 13.0 Å². The van der Waals surface area contributed by atoms with Gasteiger partial charge < -0.3 is 5.11 Å². The van der Waals surface area contributed by atoms with Gasteiger partial charge in [-0.1, -0.05) is 42.3 Å². The average molecular weight is 265 g/mol. The number of amides is 1. The van der Waals surface area contributed by atoms with Crippen molar-refractivity contribution in [1.29, 1.82) is 0 Å². The summed E-state index contributed by atoms with van der Waals surface area (Å²) in [4.78, 5) is 13.8. The number of aliphatic hydroxyl groups is 1. The van der Waals surface area contributed by atoms with Crippen LogP contribution in [-0.2, 0) is 4.79 Å². The number of hydrogen-bond donors (Lipinski definition) is 1. The molecule has 3 nitrogen and oxygen atoms in total. The molecule has 0 heterocycles. The molecule has 3 heteroatoms. The van der Waals surface area contributed by atoms with Crippen LogP contribution in [0.4, 0.5) is 11.4 Å². The van der Waals surface area contributed by atoms with E-state index in [0.29, 0.717) is 0 Å². The molecule has 0 aromatic heterocycles. The van der Waals surface area contributed by atoms with Gasteiger partial charge in [-0.3, -0.25) is 9.69 Å². The van der Waals surface area contributed by atoms with Crippen LogP contribution in [0.15, 0.2) is 60.7 Å². The summed E-state index contributed by atoms with van der Waals surface area (Å²) in [6.07, 6.45) is -0.827. The van der Waals surface area contributed by atoms with Crippen molar-refractivity contribution in [1.82, 2.24) is 0 Å². The van der Waals surface area contributed by atoms with Crippen molar-refractivity contribution < 1.29 is 9.90 Å². The van der Waals surface area contributed by atoms with Gasteiger partial charge in [-0.2, -0.15) is 0 Å². The second-order valence-corrected chi connectivity index (χ2v) is 4.26. The van der Waals surface area contributed by atoms with E-state index < -0.39 is 6.10 Å². The van der Waals surface area contributed by atoms with Crippen LogP contribution in [0.2, 0.25) is 0 Å². The van der Waals surface area contributed by atoms with E-state index in [1.54, 1.807) is 0 Å². The molecular weight excluding hydrogens is 250 g/mol. The van der Waals surface area contributed by atoms with Crippen molar-refractivity contribution >= 4 is 17.3 Å². The molecule has 0 aliphatic heterocycles. The van der Waals surface area contributed by atoms with Crippen LogP contribution >= 0.6 is 0 Å². The predicted molar refractivity (Wildman–Crippen MR) is 79.5 cm³/mol. The van der Waals surface area contributed by atoms with Gasteiger partial charge in [0.15, 0.2) is 0 Å². The molecule has 2 aromatic rings. The van der Waals surface area contributed by atoms with Gasteiger partial charge in [-0.05, 0) is 37.1 Å². The summed E-state index contributed by atoms with van der Waals surface area (Å²) >= 11 is 0. The molecule has 1 N–H and O–H groups in total. The number of nitrogens with zero attached hydrogens (tertiary/aromatic N) is 1. The van der Waals surface area contributed by atoms with E-state index in [0.717, 1.165) is 11.4 Å². The maximum Gasteiger partial charge on any atom is 0.307 e. The maximum absolute atomic E-state index is 12.3. The van der Waals surface area contributed by atoms with Crippen LogP contribution in [-0.4, -0.2) is 17.1 Å². The summed E-state index contributed by atoms with van der Waals surface area (Å²) in [6, 6.07) is 18.6. The standard InChI is InChI=1S/C17H15NO2/c1-14(19)12-13-17(20)18(15-8-4-2-5-9-15)16-10-6-3-7-11-16/h2-11,14,19H,1H3. The second kappa shape index (κ2) is 6.55. The summed E-state index contributed by atoms with van der Waals surface area (Å²) < 4.78 is 0. The first-order chi connectivity index (χ1) is 9.68. The van der Waals surface area contributed by atoms with Crippen LogP contribution in [0.3, 0.4) is 0 Å². The van der Waals surface area contributed by atoms with Crippen molar-refractivity contribution in [2.75, 3.05) is 4.90 Å². The van der Waals surface area contributed by atoms with Crippen molar-refractivity contribution in [3.05, 3.63) is 60.7 Å². The van der Waals surface area contributed by atoms with Gasteiger partial charge in [0.1, 0.15) is 6.10 Å². The zero-order valence-corrected chi connectivity index (χ0v) is 11.2. The van der Waals surface area contributed by atoms with Gasteiger partial charge in [0.2, 0.25) is 0 Å². The number of benzene rings is 2. The normalized spacial score (nSPS) is 11.1. The van der Waals surface area contributed by atoms with Crippen molar-refractivity contribution in [3.63, 3.8) is 0 Å². The van der Waals surface area contributed by atoms with E-state index >= 15 is 0 Å². The van der Waals surface area contributed by atoms with E-state index in [1.807, 2.05) is 60.7 Å². The quantitative estimate of drug-likeness (QED) is 0.848. The Balaban J connectivity index is 2.41. The molecule has 1 atom stereocenters. The summed E-state index contributed by atoms with van der Waals surface area (Å²) in [5.41, 5.74) is 1.48. The molecular formula is C17H15NO2. The van der Waals surface area contributed by atoms with Gasteiger partial charge in [0.25, 0.3) is 0 Å². The highest BCUT2D eigenvalue weighted by Crippen LogP contribution is 2.24. The zero-order valence-electron chi connectivity index (χ0n) is 11.2. The Bertz CT molecular complexity index is 585. The van der Waals surface area contributed by atoms with Gasteiger partial charge in [-0.25, -0.2) is 0 Å². The lowest BCUT2D eigenvalue weighted by Crippen LogP contribution is -2.24. The maximum atomic E-state index is 12.3. The van der Waals surface area contributed by atoms with Crippen molar-refractivity contribution in [2.24, 2.45) is 0 Å². The highest BCUT2D eigenvalue weighted by atomic mass is 16.3. The predicted octanol–water partition coefficient (Wildman–Crippen LogP) is 2.74. The molecule has 0 spiro atoms. The van der Waals surface area contributed by atoms with Crippen LogP contribution in [0.5, 0.6) is 0 Å². The smallest absolute Gasteiger partial charge is 0.307 e. The number of carbonyl (C=O) groups excluding carboxylic acids is 1. The average Bonchev–Trinajstić information content (AvgIpc) is 2.48. The lowest BCUT2D eigenvalue weighted by Gasteiger charge is -2.20. The fraction of sp³-hybridized carbons (Fsp3) is 0.118. The SMILES string of the molecule is CC(O)C#CC(=O)N(c1ccccc1)c1ccccc1. The first kappa shape index (κ1) is 13.9. The van der Waals surface area contributed by atoms with Crippen LogP contribution in [0, 0.1) is 11.8 Å². The minimum absolute atomic E-state index is 0.372. The Morgan fingerprint density at radius 3 is 1.85 bits per heavy atom. The summed E-state index contributed by atoms with van der Waals surface area (Å²) in [5.74, 6) is 4.57. The topological polar surface area (TPSA) is 40.5 Å². The van der Waals surface area contributed by atoms with E-state index in [9.17, 15) is 9.90 Å². The first-order valence-electron chi connectivity index (χ1n) is 6.32. The van der Waals surface area contributed by atoms with Gasteiger partial charge in [-0.15, -0.1) is 0 Å². The first-order valence-corrected chi connectivity index (χ1v) is 6.32. The zero-order chi connectivity index (χ0) is 14.4. The molecule has 0 aliphatic carbocycles. The number of para-hydroxylation sites is 2. The molecule has 100 valence electrons. The van der Waals surface area contributed by atoms with E-state index in [2.05, 4.69) is 11.8 Å². The third-order valence-corrected chi connectivity index (χ3v) is 2.62. The molecule has 0 aliphatic rings. The molecule has 2 rings (SSSR count). The lowest BCUT2D eigenvalue weighted by molar-refractivity contribution is -0.112. The number of carbonyl (C=O) groups is 1. The molecule has 0 saturated carbocycles. The number of hydrogen-bond acceptors (Lipinski definition) is 2. The van der Waals surface area contributed by atoms with Gasteiger partial charge in [0.05, 0.1) is 0 Å². The number of rotatable bonds is 2. The third kappa shape index (κ3) is 3.47. The molecule has 20 heavy (non-hydrogen) atoms. The molecule has 1 unspecified atom stereocenters. The number of aliphatic hydroxyl groups excluding tert-OH is 1. The summed E-state index contributed by atoms with van der Waals surface area (Å²) in [6.45, 7) is 1.52. The van der Waals surface area contributed by atoms with E-state index in [-0.39, 0.29) is 5.91 Å². The molecule has 0 fully saturated rings. The molecule has 0 radical (unpaired) electrons. The molecule has 0 saturated heterocycles. The van der Waals surface area contributed by atoms with Crippen molar-refractivity contribution in [3.8, 4) is 11.8 Å². The third-order valence-electron chi connectivity index (χ3n) is 2.62. The monoisotopic (exact) mass is 265 g/mol. The minimum atomic E-state index is -0.827.